The van der Waals surface area contributed by atoms with Crippen molar-refractivity contribution in [1.82, 2.24) is 5.32 Å². The fourth-order valence-corrected chi connectivity index (χ4v) is 4.19. The van der Waals surface area contributed by atoms with Gasteiger partial charge in [-0.25, -0.2) is 0 Å². The van der Waals surface area contributed by atoms with Crippen LogP contribution < -0.4 is 14.8 Å². The van der Waals surface area contributed by atoms with Crippen molar-refractivity contribution in [1.29, 1.82) is 0 Å². The monoisotopic (exact) mass is 513 g/mol. The van der Waals surface area contributed by atoms with Gasteiger partial charge in [-0.15, -0.1) is 0 Å². The van der Waals surface area contributed by atoms with E-state index in [-0.39, 0.29) is 11.9 Å². The Labute approximate surface area is 190 Å². The Morgan fingerprint density at radius 2 is 1.67 bits per heavy atom. The number of rotatable bonds is 6. The molecule has 0 radical (unpaired) electrons. The van der Waals surface area contributed by atoms with Gasteiger partial charge in [-0.1, -0.05) is 48.5 Å². The number of amides is 1. The van der Waals surface area contributed by atoms with Crippen LogP contribution in [0.15, 0.2) is 72.8 Å². The second kappa shape index (κ2) is 9.98. The number of hydrogen-bond donors (Lipinski definition) is 1. The minimum absolute atomic E-state index is 0.0647. The van der Waals surface area contributed by atoms with E-state index in [0.29, 0.717) is 18.8 Å². The maximum absolute atomic E-state index is 13.0. The fourth-order valence-electron chi connectivity index (χ4n) is 3.56. The second-order valence-corrected chi connectivity index (χ2v) is 8.45. The standard InChI is InChI=1S/C25H24INO3/c26-21-10-5-4-9-20(21)25(28)27-22(13-11-18-7-2-1-3-8-18)19-12-14-23-24(17-19)30-16-6-15-29-23/h1-5,7-10,12,14,17,22H,6,11,13,15-16H2,(H,27,28). The third-order valence-electron chi connectivity index (χ3n) is 5.16. The normalized spacial score (nSPS) is 13.9. The molecule has 0 aliphatic carbocycles. The summed E-state index contributed by atoms with van der Waals surface area (Å²) in [5.41, 5.74) is 2.96. The van der Waals surface area contributed by atoms with Crippen LogP contribution in [0, 0.1) is 3.57 Å². The topological polar surface area (TPSA) is 47.6 Å². The smallest absolute Gasteiger partial charge is 0.252 e. The second-order valence-electron chi connectivity index (χ2n) is 7.29. The van der Waals surface area contributed by atoms with Gasteiger partial charge in [0.1, 0.15) is 0 Å². The SMILES string of the molecule is O=C(NC(CCc1ccccc1)c1ccc2c(c1)OCCCO2)c1ccccc1I. The van der Waals surface area contributed by atoms with Crippen LogP contribution in [0.4, 0.5) is 0 Å². The molecule has 0 bridgehead atoms. The summed E-state index contributed by atoms with van der Waals surface area (Å²) in [4.78, 5) is 13.0. The van der Waals surface area contributed by atoms with Crippen LogP contribution in [0.2, 0.25) is 0 Å². The molecule has 1 amide bonds. The lowest BCUT2D eigenvalue weighted by atomic mass is 9.98. The van der Waals surface area contributed by atoms with Crippen molar-refractivity contribution in [3.63, 3.8) is 0 Å². The lowest BCUT2D eigenvalue weighted by Gasteiger charge is -2.21. The number of hydrogen-bond acceptors (Lipinski definition) is 3. The van der Waals surface area contributed by atoms with Crippen molar-refractivity contribution >= 4 is 28.5 Å². The number of aryl methyl sites for hydroxylation is 1. The Hall–Kier alpha value is -2.54. The van der Waals surface area contributed by atoms with Crippen molar-refractivity contribution < 1.29 is 14.3 Å². The van der Waals surface area contributed by atoms with Crippen molar-refractivity contribution in [3.05, 3.63) is 93.1 Å². The Morgan fingerprint density at radius 3 is 2.47 bits per heavy atom. The van der Waals surface area contributed by atoms with E-state index in [2.05, 4.69) is 40.0 Å². The van der Waals surface area contributed by atoms with Gasteiger partial charge in [0, 0.05) is 9.99 Å². The van der Waals surface area contributed by atoms with Crippen LogP contribution in [0.1, 0.15) is 40.4 Å². The molecule has 0 aromatic heterocycles. The minimum Gasteiger partial charge on any atom is -0.490 e. The molecule has 30 heavy (non-hydrogen) atoms. The van der Waals surface area contributed by atoms with Crippen LogP contribution in [-0.4, -0.2) is 19.1 Å². The van der Waals surface area contributed by atoms with Crippen molar-refractivity contribution in [3.8, 4) is 11.5 Å². The van der Waals surface area contributed by atoms with Crippen LogP contribution in [0.5, 0.6) is 11.5 Å². The molecule has 3 aromatic rings. The molecule has 1 atom stereocenters. The van der Waals surface area contributed by atoms with Crippen molar-refractivity contribution in [2.24, 2.45) is 0 Å². The maximum atomic E-state index is 13.0. The highest BCUT2D eigenvalue weighted by Gasteiger charge is 2.20. The number of carbonyl (C=O) groups is 1. The molecular formula is C25H24INO3. The number of carbonyl (C=O) groups excluding carboxylic acids is 1. The zero-order valence-electron chi connectivity index (χ0n) is 16.6. The predicted octanol–water partition coefficient (Wildman–Crippen LogP) is 5.56. The van der Waals surface area contributed by atoms with E-state index >= 15 is 0 Å². The molecule has 1 unspecified atom stereocenters. The van der Waals surface area contributed by atoms with Gasteiger partial charge < -0.3 is 14.8 Å². The molecule has 4 nitrogen and oxygen atoms in total. The fraction of sp³-hybridized carbons (Fsp3) is 0.240. The van der Waals surface area contributed by atoms with Gasteiger partial charge in [-0.3, -0.25) is 4.79 Å². The average Bonchev–Trinajstić information content (AvgIpc) is 3.02. The van der Waals surface area contributed by atoms with E-state index in [4.69, 9.17) is 9.47 Å². The highest BCUT2D eigenvalue weighted by atomic mass is 127. The largest absolute Gasteiger partial charge is 0.490 e. The van der Waals surface area contributed by atoms with Crippen LogP contribution >= 0.6 is 22.6 Å². The van der Waals surface area contributed by atoms with Gasteiger partial charge in [0.15, 0.2) is 11.5 Å². The van der Waals surface area contributed by atoms with Crippen LogP contribution in [-0.2, 0) is 6.42 Å². The number of ether oxygens (including phenoxy) is 2. The molecule has 5 heteroatoms. The lowest BCUT2D eigenvalue weighted by Crippen LogP contribution is -2.29. The zero-order chi connectivity index (χ0) is 20.8. The third kappa shape index (κ3) is 5.14. The minimum atomic E-state index is -0.133. The summed E-state index contributed by atoms with van der Waals surface area (Å²) in [6, 6.07) is 23.8. The average molecular weight is 513 g/mol. The van der Waals surface area contributed by atoms with Crippen LogP contribution in [0.3, 0.4) is 0 Å². The first-order valence-corrected chi connectivity index (χ1v) is 11.3. The maximum Gasteiger partial charge on any atom is 0.252 e. The van der Waals surface area contributed by atoms with Crippen molar-refractivity contribution in [2.75, 3.05) is 13.2 Å². The highest BCUT2D eigenvalue weighted by molar-refractivity contribution is 14.1. The van der Waals surface area contributed by atoms with E-state index in [1.807, 2.05) is 60.7 Å². The molecule has 4 rings (SSSR count). The van der Waals surface area contributed by atoms with E-state index in [9.17, 15) is 4.79 Å². The number of nitrogens with one attached hydrogen (secondary N) is 1. The van der Waals surface area contributed by atoms with Gasteiger partial charge in [-0.05, 0) is 70.8 Å². The number of benzene rings is 3. The summed E-state index contributed by atoms with van der Waals surface area (Å²) in [5.74, 6) is 1.45. The van der Waals surface area contributed by atoms with E-state index in [1.165, 1.54) is 5.56 Å². The van der Waals surface area contributed by atoms with Gasteiger partial charge in [0.05, 0.1) is 24.8 Å². The Bertz CT molecular complexity index is 1010. The number of fused-ring (bicyclic) bond motifs is 1. The Kier molecular flexibility index (Phi) is 6.89. The highest BCUT2D eigenvalue weighted by Crippen LogP contribution is 2.33. The molecule has 0 saturated heterocycles. The molecule has 1 N–H and O–H groups in total. The summed E-state index contributed by atoms with van der Waals surface area (Å²) < 4.78 is 12.6. The van der Waals surface area contributed by atoms with Gasteiger partial charge in [-0.2, -0.15) is 0 Å². The predicted molar refractivity (Wildman–Crippen MR) is 126 cm³/mol. The van der Waals surface area contributed by atoms with Crippen molar-refractivity contribution in [2.45, 2.75) is 25.3 Å². The molecule has 1 heterocycles. The molecule has 1 aliphatic rings. The summed E-state index contributed by atoms with van der Waals surface area (Å²) >= 11 is 2.20. The van der Waals surface area contributed by atoms with E-state index < -0.39 is 0 Å². The molecule has 0 saturated carbocycles. The molecule has 0 fully saturated rings. The Balaban J connectivity index is 1.59. The first-order chi connectivity index (χ1) is 14.7. The number of halogens is 1. The first kappa shape index (κ1) is 20.7. The van der Waals surface area contributed by atoms with Gasteiger partial charge in [0.25, 0.3) is 5.91 Å². The van der Waals surface area contributed by atoms with Crippen LogP contribution in [0.25, 0.3) is 0 Å². The molecular weight excluding hydrogens is 489 g/mol. The summed E-state index contributed by atoms with van der Waals surface area (Å²) in [6.07, 6.45) is 2.52. The van der Waals surface area contributed by atoms with E-state index in [0.717, 1.165) is 39.9 Å². The lowest BCUT2D eigenvalue weighted by molar-refractivity contribution is 0.0933. The summed E-state index contributed by atoms with van der Waals surface area (Å²) in [5, 5.41) is 3.24. The molecule has 1 aliphatic heterocycles. The first-order valence-electron chi connectivity index (χ1n) is 10.2. The van der Waals surface area contributed by atoms with Gasteiger partial charge in [0.2, 0.25) is 0 Å². The summed E-state index contributed by atoms with van der Waals surface area (Å²) in [7, 11) is 0. The molecule has 0 spiro atoms. The molecule has 3 aromatic carbocycles. The zero-order valence-corrected chi connectivity index (χ0v) is 18.8. The third-order valence-corrected chi connectivity index (χ3v) is 6.10. The van der Waals surface area contributed by atoms with E-state index in [1.54, 1.807) is 0 Å². The Morgan fingerprint density at radius 1 is 0.933 bits per heavy atom. The molecule has 154 valence electrons. The summed E-state index contributed by atoms with van der Waals surface area (Å²) in [6.45, 7) is 1.30. The quantitative estimate of drug-likeness (QED) is 0.440. The van der Waals surface area contributed by atoms with Gasteiger partial charge >= 0.3 is 0 Å².